The number of Topliss-reactive ketones (excluding diaryl/α,β-unsaturated/α-hetero) is 2. The van der Waals surface area contributed by atoms with Crippen molar-refractivity contribution in [3.05, 3.63) is 101 Å². The summed E-state index contributed by atoms with van der Waals surface area (Å²) in [5, 5.41) is 0. The van der Waals surface area contributed by atoms with E-state index < -0.39 is 45.2 Å². The molecule has 0 radical (unpaired) electrons. The summed E-state index contributed by atoms with van der Waals surface area (Å²) in [5.74, 6) is -3.94. The number of nitrogens with zero attached hydrogens (tertiary/aromatic N) is 2. The Bertz CT molecular complexity index is 1550. The van der Waals surface area contributed by atoms with Gasteiger partial charge < -0.3 is 9.64 Å². The lowest BCUT2D eigenvalue weighted by molar-refractivity contribution is 0.0563. The van der Waals surface area contributed by atoms with E-state index in [-0.39, 0.29) is 45.0 Å². The summed E-state index contributed by atoms with van der Waals surface area (Å²) in [6, 6.07) is 16.9. The van der Waals surface area contributed by atoms with Crippen LogP contribution < -0.4 is 4.74 Å². The second-order valence-electron chi connectivity index (χ2n) is 10.5. The lowest BCUT2D eigenvalue weighted by Gasteiger charge is -2.44. The molecule has 0 bridgehead atoms. The molecule has 0 aliphatic carbocycles. The maximum atomic E-state index is 14.9. The molecule has 4 rings (SSSR count). The highest BCUT2D eigenvalue weighted by atomic mass is 32.2. The van der Waals surface area contributed by atoms with Crippen molar-refractivity contribution >= 4 is 21.6 Å². The first-order valence-corrected chi connectivity index (χ1v) is 15.1. The second kappa shape index (κ2) is 13.7. The van der Waals surface area contributed by atoms with Gasteiger partial charge in [0.1, 0.15) is 17.4 Å². The molecule has 1 saturated heterocycles. The molecule has 226 valence electrons. The fourth-order valence-corrected chi connectivity index (χ4v) is 5.94. The average molecular weight is 601 g/mol. The summed E-state index contributed by atoms with van der Waals surface area (Å²) in [6.45, 7) is 2.29. The summed E-state index contributed by atoms with van der Waals surface area (Å²) in [5.41, 5.74) is 1.08. The third-order valence-electron chi connectivity index (χ3n) is 7.91. The standard InChI is InChI=1S/C31H34F2N2O5S.CH4/c1-20-23(12-8-14-27(20)32)29-25(30(36)21-9-7-10-22(17-21)40-3)18-35(16-15-34(2)41(4,38)39)19-26(29)31(37)24-11-5-6-13-28(24)33;/h5-14,17,25-26,29H,15-16,18-19H2,1-4H3;1H4/t25-,26+,29+;/m0./s1. The number of carbonyl (C=O) groups excluding carboxylic acids is 2. The van der Waals surface area contributed by atoms with Gasteiger partial charge >= 0.3 is 0 Å². The van der Waals surface area contributed by atoms with Crippen LogP contribution in [0.2, 0.25) is 0 Å². The van der Waals surface area contributed by atoms with Crippen molar-refractivity contribution < 1.29 is 31.5 Å². The van der Waals surface area contributed by atoms with E-state index in [0.29, 0.717) is 22.4 Å². The van der Waals surface area contributed by atoms with Gasteiger partial charge in [0.05, 0.1) is 18.9 Å². The van der Waals surface area contributed by atoms with Gasteiger partial charge in [-0.05, 0) is 48.4 Å². The van der Waals surface area contributed by atoms with Crippen molar-refractivity contribution in [2.75, 3.05) is 46.6 Å². The number of methoxy groups -OCH3 is 1. The summed E-state index contributed by atoms with van der Waals surface area (Å²) < 4.78 is 60.4. The molecule has 0 amide bonds. The van der Waals surface area contributed by atoms with Crippen LogP contribution in [-0.2, 0) is 10.0 Å². The Morgan fingerprint density at radius 1 is 0.952 bits per heavy atom. The number of ketones is 2. The molecule has 1 aliphatic rings. The Hall–Kier alpha value is -3.47. The van der Waals surface area contributed by atoms with Crippen molar-refractivity contribution in [2.45, 2.75) is 20.3 Å². The van der Waals surface area contributed by atoms with E-state index >= 15 is 0 Å². The Kier molecular flexibility index (Phi) is 10.8. The number of sulfonamides is 1. The van der Waals surface area contributed by atoms with E-state index in [1.165, 1.54) is 42.7 Å². The monoisotopic (exact) mass is 600 g/mol. The largest absolute Gasteiger partial charge is 0.497 e. The SMILES string of the molecule is C.COc1cccc(C(=O)[C@H]2CN(CCN(C)S(C)(=O)=O)C[C@@H](C(=O)c3ccccc3F)[C@@H]2c2cccc(F)c2C)c1. The summed E-state index contributed by atoms with van der Waals surface area (Å²) >= 11 is 0. The van der Waals surface area contributed by atoms with Crippen molar-refractivity contribution in [3.63, 3.8) is 0 Å². The molecule has 3 aromatic rings. The minimum Gasteiger partial charge on any atom is -0.497 e. The summed E-state index contributed by atoms with van der Waals surface area (Å²) in [6.07, 6.45) is 1.10. The first-order valence-electron chi connectivity index (χ1n) is 13.3. The molecule has 7 nitrogen and oxygen atoms in total. The number of likely N-dealkylation sites (tertiary alicyclic amines) is 1. The molecule has 0 unspecified atom stereocenters. The van der Waals surface area contributed by atoms with E-state index in [1.54, 1.807) is 49.4 Å². The number of hydrogen-bond donors (Lipinski definition) is 0. The molecule has 0 N–H and O–H groups in total. The Balaban J connectivity index is 0.00000484. The van der Waals surface area contributed by atoms with Crippen molar-refractivity contribution in [1.82, 2.24) is 9.21 Å². The lowest BCUT2D eigenvalue weighted by atomic mass is 9.67. The maximum Gasteiger partial charge on any atom is 0.210 e. The number of hydrogen-bond acceptors (Lipinski definition) is 6. The first kappa shape index (κ1) is 33.0. The predicted octanol–water partition coefficient (Wildman–Crippen LogP) is 5.21. The first-order chi connectivity index (χ1) is 19.4. The van der Waals surface area contributed by atoms with Crippen LogP contribution in [0.1, 0.15) is 45.2 Å². The van der Waals surface area contributed by atoms with Crippen LogP contribution in [0.5, 0.6) is 5.75 Å². The molecule has 10 heteroatoms. The Morgan fingerprint density at radius 2 is 1.57 bits per heavy atom. The normalized spacial score (nSPS) is 19.3. The summed E-state index contributed by atoms with van der Waals surface area (Å²) in [4.78, 5) is 30.1. The minimum atomic E-state index is -3.46. The quantitative estimate of drug-likeness (QED) is 0.297. The zero-order chi connectivity index (χ0) is 29.9. The van der Waals surface area contributed by atoms with Gasteiger partial charge in [0.25, 0.3) is 0 Å². The maximum absolute atomic E-state index is 14.9. The highest BCUT2D eigenvalue weighted by molar-refractivity contribution is 7.88. The summed E-state index contributed by atoms with van der Waals surface area (Å²) in [7, 11) is -0.509. The number of benzene rings is 3. The molecule has 0 spiro atoms. The van der Waals surface area contributed by atoms with Crippen LogP contribution >= 0.6 is 0 Å². The molecule has 1 heterocycles. The predicted molar refractivity (Wildman–Crippen MR) is 160 cm³/mol. The molecule has 0 saturated carbocycles. The van der Waals surface area contributed by atoms with Crippen LogP contribution in [-0.4, -0.2) is 75.8 Å². The fourth-order valence-electron chi connectivity index (χ4n) is 5.53. The second-order valence-corrected chi connectivity index (χ2v) is 12.6. The van der Waals surface area contributed by atoms with Gasteiger partial charge in [-0.3, -0.25) is 9.59 Å². The molecular formula is C32H38F2N2O5S. The van der Waals surface area contributed by atoms with Gasteiger partial charge in [-0.25, -0.2) is 21.5 Å². The van der Waals surface area contributed by atoms with E-state index in [2.05, 4.69) is 0 Å². The average Bonchev–Trinajstić information content (AvgIpc) is 2.96. The van der Waals surface area contributed by atoms with Gasteiger partial charge in [0.15, 0.2) is 11.6 Å². The zero-order valence-electron chi connectivity index (χ0n) is 23.5. The number of likely N-dealkylation sites (N-methyl/N-ethyl adjacent to an activating group) is 1. The van der Waals surface area contributed by atoms with Gasteiger partial charge in [-0.15, -0.1) is 0 Å². The topological polar surface area (TPSA) is 84.0 Å². The van der Waals surface area contributed by atoms with Gasteiger partial charge in [0, 0.05) is 56.5 Å². The highest BCUT2D eigenvalue weighted by Gasteiger charge is 2.46. The number of piperidine rings is 1. The molecule has 3 aromatic carbocycles. The molecule has 1 fully saturated rings. The Labute approximate surface area is 247 Å². The van der Waals surface area contributed by atoms with E-state index in [1.807, 2.05) is 4.90 Å². The van der Waals surface area contributed by atoms with Gasteiger partial charge in [-0.1, -0.05) is 43.8 Å². The van der Waals surface area contributed by atoms with Crippen molar-refractivity contribution in [1.29, 1.82) is 0 Å². The Morgan fingerprint density at radius 3 is 2.21 bits per heavy atom. The van der Waals surface area contributed by atoms with Crippen LogP contribution in [0.25, 0.3) is 0 Å². The lowest BCUT2D eigenvalue weighted by Crippen LogP contribution is -2.52. The number of ether oxygens (including phenoxy) is 1. The van der Waals surface area contributed by atoms with Crippen LogP contribution in [0.15, 0.2) is 66.7 Å². The van der Waals surface area contributed by atoms with Crippen molar-refractivity contribution in [3.8, 4) is 5.75 Å². The molecule has 42 heavy (non-hydrogen) atoms. The molecule has 1 aliphatic heterocycles. The fraction of sp³-hybridized carbons (Fsp3) is 0.375. The third-order valence-corrected chi connectivity index (χ3v) is 9.22. The van der Waals surface area contributed by atoms with Gasteiger partial charge in [-0.2, -0.15) is 0 Å². The van der Waals surface area contributed by atoms with Crippen LogP contribution in [0, 0.1) is 30.4 Å². The minimum absolute atomic E-state index is 0. The van der Waals surface area contributed by atoms with Crippen LogP contribution in [0.3, 0.4) is 0 Å². The van der Waals surface area contributed by atoms with Crippen molar-refractivity contribution in [2.24, 2.45) is 11.8 Å². The van der Waals surface area contributed by atoms with Crippen LogP contribution in [0.4, 0.5) is 8.78 Å². The van der Waals surface area contributed by atoms with Gasteiger partial charge in [0.2, 0.25) is 10.0 Å². The van der Waals surface area contributed by atoms with E-state index in [0.717, 1.165) is 6.26 Å². The molecule has 0 aromatic heterocycles. The zero-order valence-corrected chi connectivity index (χ0v) is 24.3. The smallest absolute Gasteiger partial charge is 0.210 e. The molecule has 3 atom stereocenters. The highest BCUT2D eigenvalue weighted by Crippen LogP contribution is 2.42. The van der Waals surface area contributed by atoms with E-state index in [9.17, 15) is 26.8 Å². The third kappa shape index (κ3) is 7.11. The molecular weight excluding hydrogens is 562 g/mol. The number of rotatable bonds is 10. The number of carbonyl (C=O) groups is 2. The number of halogens is 2. The van der Waals surface area contributed by atoms with E-state index in [4.69, 9.17) is 4.74 Å².